The third-order valence-corrected chi connectivity index (χ3v) is 3.57. The minimum Gasteiger partial charge on any atom is -0.395 e. The largest absolute Gasteiger partial charge is 0.395 e. The third kappa shape index (κ3) is 3.70. The van der Waals surface area contributed by atoms with Gasteiger partial charge in [0.05, 0.1) is 11.5 Å². The molecule has 0 aliphatic rings. The second kappa shape index (κ2) is 6.90. The second-order valence-corrected chi connectivity index (χ2v) is 5.18. The third-order valence-electron chi connectivity index (χ3n) is 2.70. The fourth-order valence-electron chi connectivity index (χ4n) is 1.65. The van der Waals surface area contributed by atoms with Gasteiger partial charge in [-0.15, -0.1) is 11.3 Å². The van der Waals surface area contributed by atoms with Gasteiger partial charge in [0.1, 0.15) is 0 Å². The van der Waals surface area contributed by atoms with Gasteiger partial charge in [-0.3, -0.25) is 4.79 Å². The van der Waals surface area contributed by atoms with Gasteiger partial charge in [-0.1, -0.05) is 24.0 Å². The maximum atomic E-state index is 12.0. The molecule has 3 nitrogen and oxygen atoms in total. The van der Waals surface area contributed by atoms with Crippen LogP contribution in [-0.4, -0.2) is 17.6 Å². The monoisotopic (exact) mass is 285 g/mol. The lowest BCUT2D eigenvalue weighted by Gasteiger charge is -2.06. The summed E-state index contributed by atoms with van der Waals surface area (Å²) in [6.07, 6.45) is 0.450. The highest BCUT2D eigenvalue weighted by molar-refractivity contribution is 7.12. The van der Waals surface area contributed by atoms with Gasteiger partial charge < -0.3 is 10.4 Å². The van der Waals surface area contributed by atoms with Gasteiger partial charge in [0, 0.05) is 17.7 Å². The number of thiophene rings is 1. The lowest BCUT2D eigenvalue weighted by molar-refractivity contribution is 0.103. The predicted octanol–water partition coefficient (Wildman–Crippen LogP) is 3.04. The first kappa shape index (κ1) is 14.3. The van der Waals surface area contributed by atoms with E-state index < -0.39 is 0 Å². The topological polar surface area (TPSA) is 49.3 Å². The van der Waals surface area contributed by atoms with E-state index in [1.165, 1.54) is 11.3 Å². The number of carbonyl (C=O) groups excluding carboxylic acids is 1. The zero-order valence-corrected chi connectivity index (χ0v) is 12.0. The minimum atomic E-state index is -0.113. The van der Waals surface area contributed by atoms with Crippen molar-refractivity contribution in [3.05, 3.63) is 51.7 Å². The van der Waals surface area contributed by atoms with Crippen LogP contribution in [0.2, 0.25) is 0 Å². The summed E-state index contributed by atoms with van der Waals surface area (Å²) in [6, 6.07) is 9.27. The van der Waals surface area contributed by atoms with E-state index in [0.717, 1.165) is 16.8 Å². The highest BCUT2D eigenvalue weighted by Crippen LogP contribution is 2.17. The standard InChI is InChI=1S/C16H15NO2S/c1-12-7-8-14(11-13(12)5-2-3-9-18)17-16(19)15-6-4-10-20-15/h4,6-8,10-11,18H,3,9H2,1H3,(H,17,19). The van der Waals surface area contributed by atoms with Crippen molar-refractivity contribution in [2.24, 2.45) is 0 Å². The van der Waals surface area contributed by atoms with Gasteiger partial charge in [0.15, 0.2) is 0 Å². The molecule has 2 aromatic rings. The van der Waals surface area contributed by atoms with Crippen LogP contribution >= 0.6 is 11.3 Å². The van der Waals surface area contributed by atoms with Crippen LogP contribution in [0, 0.1) is 18.8 Å². The molecule has 0 bridgehead atoms. The molecule has 0 atom stereocenters. The summed E-state index contributed by atoms with van der Waals surface area (Å²) in [5.74, 6) is 5.78. The first-order chi connectivity index (χ1) is 9.70. The molecule has 0 saturated heterocycles. The van der Waals surface area contributed by atoms with Crippen LogP contribution in [0.1, 0.15) is 27.2 Å². The smallest absolute Gasteiger partial charge is 0.265 e. The molecule has 0 saturated carbocycles. The fraction of sp³-hybridized carbons (Fsp3) is 0.188. The van der Waals surface area contributed by atoms with E-state index in [4.69, 9.17) is 5.11 Å². The number of amides is 1. The van der Waals surface area contributed by atoms with E-state index in [1.54, 1.807) is 6.07 Å². The molecule has 20 heavy (non-hydrogen) atoms. The second-order valence-electron chi connectivity index (χ2n) is 4.24. The average molecular weight is 285 g/mol. The maximum Gasteiger partial charge on any atom is 0.265 e. The van der Waals surface area contributed by atoms with Crippen LogP contribution < -0.4 is 5.32 Å². The van der Waals surface area contributed by atoms with Crippen LogP contribution in [-0.2, 0) is 0 Å². The molecule has 2 rings (SSSR count). The van der Waals surface area contributed by atoms with Crippen LogP contribution in [0.5, 0.6) is 0 Å². The van der Waals surface area contributed by atoms with Gasteiger partial charge in [0.25, 0.3) is 5.91 Å². The number of carbonyl (C=O) groups is 1. The Labute approximate surface area is 122 Å². The number of rotatable bonds is 3. The number of anilines is 1. The zero-order valence-electron chi connectivity index (χ0n) is 11.1. The molecule has 0 unspecified atom stereocenters. The van der Waals surface area contributed by atoms with Crippen molar-refractivity contribution in [2.75, 3.05) is 11.9 Å². The Morgan fingerprint density at radius 3 is 2.95 bits per heavy atom. The lowest BCUT2D eigenvalue weighted by Crippen LogP contribution is -2.10. The molecule has 1 heterocycles. The number of aliphatic hydroxyl groups excluding tert-OH is 1. The molecule has 0 aliphatic heterocycles. The summed E-state index contributed by atoms with van der Waals surface area (Å²) in [5.41, 5.74) is 2.63. The molecule has 1 amide bonds. The van der Waals surface area contributed by atoms with Crippen molar-refractivity contribution >= 4 is 22.9 Å². The number of hydrogen-bond donors (Lipinski definition) is 2. The molecule has 1 aromatic heterocycles. The number of aliphatic hydroxyl groups is 1. The number of hydrogen-bond acceptors (Lipinski definition) is 3. The SMILES string of the molecule is Cc1ccc(NC(=O)c2cccs2)cc1C#CCCO. The summed E-state index contributed by atoms with van der Waals surface area (Å²) in [5, 5.41) is 13.5. The van der Waals surface area contributed by atoms with Gasteiger partial charge in [0.2, 0.25) is 0 Å². The number of aryl methyl sites for hydroxylation is 1. The van der Waals surface area contributed by atoms with Gasteiger partial charge in [-0.25, -0.2) is 0 Å². The van der Waals surface area contributed by atoms with Gasteiger partial charge in [-0.05, 0) is 36.1 Å². The van der Waals surface area contributed by atoms with Crippen LogP contribution in [0.3, 0.4) is 0 Å². The molecule has 1 aromatic carbocycles. The lowest BCUT2D eigenvalue weighted by atomic mass is 10.1. The minimum absolute atomic E-state index is 0.0564. The van der Waals surface area contributed by atoms with Crippen LogP contribution in [0.4, 0.5) is 5.69 Å². The van der Waals surface area contributed by atoms with E-state index >= 15 is 0 Å². The molecule has 0 spiro atoms. The zero-order chi connectivity index (χ0) is 14.4. The molecule has 0 fully saturated rings. The summed E-state index contributed by atoms with van der Waals surface area (Å²) in [4.78, 5) is 12.6. The quantitative estimate of drug-likeness (QED) is 0.852. The van der Waals surface area contributed by atoms with Gasteiger partial charge >= 0.3 is 0 Å². The summed E-state index contributed by atoms with van der Waals surface area (Å²) >= 11 is 1.41. The molecule has 102 valence electrons. The number of nitrogens with one attached hydrogen (secondary N) is 1. The summed E-state index contributed by atoms with van der Waals surface area (Å²) < 4.78 is 0. The van der Waals surface area contributed by atoms with Crippen LogP contribution in [0.15, 0.2) is 35.7 Å². The Morgan fingerprint density at radius 1 is 1.40 bits per heavy atom. The molecular formula is C16H15NO2S. The van der Waals surface area contributed by atoms with E-state index in [9.17, 15) is 4.79 Å². The average Bonchev–Trinajstić information content (AvgIpc) is 2.96. The number of benzene rings is 1. The van der Waals surface area contributed by atoms with E-state index in [-0.39, 0.29) is 12.5 Å². The fourth-order valence-corrected chi connectivity index (χ4v) is 2.27. The molecule has 2 N–H and O–H groups in total. The molecule has 0 aliphatic carbocycles. The normalized spacial score (nSPS) is 9.70. The summed E-state index contributed by atoms with van der Waals surface area (Å²) in [6.45, 7) is 2.02. The predicted molar refractivity (Wildman–Crippen MR) is 82.0 cm³/mol. The molecule has 4 heteroatoms. The van der Waals surface area contributed by atoms with Crippen molar-refractivity contribution in [3.63, 3.8) is 0 Å². The Kier molecular flexibility index (Phi) is 4.94. The van der Waals surface area contributed by atoms with Gasteiger partial charge in [-0.2, -0.15) is 0 Å². The first-order valence-corrected chi connectivity index (χ1v) is 7.14. The van der Waals surface area contributed by atoms with Crippen molar-refractivity contribution < 1.29 is 9.90 Å². The first-order valence-electron chi connectivity index (χ1n) is 6.26. The molecule has 0 radical (unpaired) electrons. The van der Waals surface area contributed by atoms with Crippen molar-refractivity contribution in [2.45, 2.75) is 13.3 Å². The molecular weight excluding hydrogens is 270 g/mol. The maximum absolute atomic E-state index is 12.0. The highest BCUT2D eigenvalue weighted by Gasteiger charge is 2.07. The van der Waals surface area contributed by atoms with E-state index in [0.29, 0.717) is 11.3 Å². The van der Waals surface area contributed by atoms with Crippen molar-refractivity contribution in [3.8, 4) is 11.8 Å². The van der Waals surface area contributed by atoms with Crippen molar-refractivity contribution in [1.29, 1.82) is 0 Å². The van der Waals surface area contributed by atoms with E-state index in [2.05, 4.69) is 17.2 Å². The summed E-state index contributed by atoms with van der Waals surface area (Å²) in [7, 11) is 0. The Balaban J connectivity index is 2.15. The highest BCUT2D eigenvalue weighted by atomic mass is 32.1. The Hall–Kier alpha value is -2.09. The Bertz CT molecular complexity index is 651. The van der Waals surface area contributed by atoms with Crippen LogP contribution in [0.25, 0.3) is 0 Å². The van der Waals surface area contributed by atoms with E-state index in [1.807, 2.05) is 36.6 Å². The van der Waals surface area contributed by atoms with Crippen molar-refractivity contribution in [1.82, 2.24) is 0 Å². The Morgan fingerprint density at radius 2 is 2.25 bits per heavy atom.